The van der Waals surface area contributed by atoms with Crippen molar-refractivity contribution in [3.63, 3.8) is 0 Å². The second-order valence-corrected chi connectivity index (χ2v) is 12.3. The quantitative estimate of drug-likeness (QED) is 0.686. The summed E-state index contributed by atoms with van der Waals surface area (Å²) in [5, 5.41) is 0. The predicted octanol–water partition coefficient (Wildman–Crippen LogP) is 4.36. The molecule has 6 heteroatoms. The zero-order chi connectivity index (χ0) is 21.1. The number of hydrogen-bond acceptors (Lipinski definition) is 4. The molecular formula is C22H31NO4S. The van der Waals surface area contributed by atoms with Gasteiger partial charge in [0.1, 0.15) is 10.3 Å². The highest BCUT2D eigenvalue weighted by molar-refractivity contribution is 7.93. The van der Waals surface area contributed by atoms with Crippen LogP contribution in [0.25, 0.3) is 0 Å². The fraction of sp³-hybridized carbons (Fsp3) is 0.591. The minimum atomic E-state index is -3.70. The van der Waals surface area contributed by atoms with E-state index in [1.807, 2.05) is 72.8 Å². The third-order valence-electron chi connectivity index (χ3n) is 5.61. The smallest absolute Gasteiger partial charge is 0.410 e. The van der Waals surface area contributed by atoms with E-state index < -0.39 is 26.3 Å². The van der Waals surface area contributed by atoms with Crippen LogP contribution >= 0.6 is 0 Å². The summed E-state index contributed by atoms with van der Waals surface area (Å²) < 4.78 is 32.0. The number of hydrogen-bond donors (Lipinski definition) is 0. The summed E-state index contributed by atoms with van der Waals surface area (Å²) in [6.07, 6.45) is 3.22. The minimum Gasteiger partial charge on any atom is -0.444 e. The second-order valence-electron chi connectivity index (χ2n) is 10.1. The Morgan fingerprint density at radius 1 is 1.11 bits per heavy atom. The highest BCUT2D eigenvalue weighted by Crippen LogP contribution is 2.55. The van der Waals surface area contributed by atoms with Crippen LogP contribution in [-0.4, -0.2) is 42.3 Å². The van der Waals surface area contributed by atoms with Gasteiger partial charge in [0.25, 0.3) is 0 Å². The molecule has 0 N–H and O–H groups in total. The van der Waals surface area contributed by atoms with E-state index in [0.717, 1.165) is 5.56 Å². The first-order valence-electron chi connectivity index (χ1n) is 9.69. The van der Waals surface area contributed by atoms with Crippen molar-refractivity contribution in [2.45, 2.75) is 69.8 Å². The Morgan fingerprint density at radius 3 is 2.18 bits per heavy atom. The molecule has 1 heterocycles. The lowest BCUT2D eigenvalue weighted by atomic mass is 9.74. The number of carbonyl (C=O) groups excluding carboxylic acids is 1. The number of ether oxygens (including phenoxy) is 1. The van der Waals surface area contributed by atoms with Crippen LogP contribution in [0.2, 0.25) is 0 Å². The summed E-state index contributed by atoms with van der Waals surface area (Å²) >= 11 is 0. The number of amides is 1. The first-order valence-corrected chi connectivity index (χ1v) is 11.2. The Morgan fingerprint density at radius 2 is 1.68 bits per heavy atom. The number of aryl methyl sites for hydroxylation is 1. The molecular weight excluding hydrogens is 374 g/mol. The third-order valence-corrected chi connectivity index (χ3v) is 8.03. The zero-order valence-corrected chi connectivity index (χ0v) is 18.6. The zero-order valence-electron chi connectivity index (χ0n) is 17.8. The van der Waals surface area contributed by atoms with Crippen molar-refractivity contribution in [2.75, 3.05) is 6.54 Å². The molecule has 1 aromatic rings. The SMILES string of the molecule is Cc1ccc(S(=O)(=O)[C@]23C=C[C@H]([C@H]2C(C)(C)C)N(C(=O)OC(C)(C)C)C3)cc1. The Labute approximate surface area is 168 Å². The van der Waals surface area contributed by atoms with E-state index >= 15 is 0 Å². The van der Waals surface area contributed by atoms with Crippen molar-refractivity contribution in [3.05, 3.63) is 42.0 Å². The van der Waals surface area contributed by atoms with E-state index in [9.17, 15) is 13.2 Å². The van der Waals surface area contributed by atoms with Crippen LogP contribution in [0.3, 0.4) is 0 Å². The fourth-order valence-electron chi connectivity index (χ4n) is 4.60. The average molecular weight is 406 g/mol. The van der Waals surface area contributed by atoms with Crippen molar-refractivity contribution >= 4 is 15.9 Å². The van der Waals surface area contributed by atoms with Crippen LogP contribution in [0.1, 0.15) is 47.1 Å². The number of benzene rings is 1. The first kappa shape index (κ1) is 20.9. The van der Waals surface area contributed by atoms with Gasteiger partial charge in [0, 0.05) is 12.5 Å². The summed E-state index contributed by atoms with van der Waals surface area (Å²) in [5.41, 5.74) is 0.0522. The van der Waals surface area contributed by atoms with Crippen LogP contribution in [0.5, 0.6) is 0 Å². The molecule has 1 aliphatic heterocycles. The summed E-state index contributed by atoms with van der Waals surface area (Å²) in [4.78, 5) is 14.7. The number of carbonyl (C=O) groups is 1. The molecule has 1 aliphatic carbocycles. The summed E-state index contributed by atoms with van der Waals surface area (Å²) in [6, 6.07) is 6.65. The lowest BCUT2D eigenvalue weighted by Gasteiger charge is -2.37. The van der Waals surface area contributed by atoms with Gasteiger partial charge in [0.05, 0.1) is 10.9 Å². The standard InChI is InChI=1S/C22H31NO4S/c1-15-8-10-16(11-9-15)28(25,26)22-13-12-17(18(22)20(2,3)4)23(14-22)19(24)27-21(5,6)7/h8-13,17-18H,14H2,1-7H3/t17-,18+,22+/m1/s1. The predicted molar refractivity (Wildman–Crippen MR) is 110 cm³/mol. The van der Waals surface area contributed by atoms with Gasteiger partial charge >= 0.3 is 6.09 Å². The molecule has 28 heavy (non-hydrogen) atoms. The molecule has 2 bridgehead atoms. The summed E-state index contributed by atoms with van der Waals surface area (Å²) in [7, 11) is -3.70. The molecule has 0 radical (unpaired) electrons. The maximum Gasteiger partial charge on any atom is 0.410 e. The topological polar surface area (TPSA) is 63.7 Å². The molecule has 0 saturated carbocycles. The van der Waals surface area contributed by atoms with Gasteiger partial charge in [-0.15, -0.1) is 0 Å². The van der Waals surface area contributed by atoms with Gasteiger partial charge in [-0.1, -0.05) is 50.6 Å². The normalized spacial score (nSPS) is 27.3. The van der Waals surface area contributed by atoms with Crippen LogP contribution in [-0.2, 0) is 14.6 Å². The van der Waals surface area contributed by atoms with E-state index in [4.69, 9.17) is 4.74 Å². The molecule has 1 aromatic carbocycles. The molecule has 2 aliphatic rings. The molecule has 1 amide bonds. The number of sulfone groups is 1. The van der Waals surface area contributed by atoms with E-state index in [0.29, 0.717) is 4.90 Å². The van der Waals surface area contributed by atoms with Gasteiger partial charge in [0.2, 0.25) is 0 Å². The van der Waals surface area contributed by atoms with Gasteiger partial charge < -0.3 is 4.74 Å². The molecule has 154 valence electrons. The highest BCUT2D eigenvalue weighted by atomic mass is 32.2. The molecule has 3 rings (SSSR count). The van der Waals surface area contributed by atoms with Crippen LogP contribution in [0.4, 0.5) is 4.79 Å². The summed E-state index contributed by atoms with van der Waals surface area (Å²) in [5.74, 6) is -0.251. The Balaban J connectivity index is 2.09. The van der Waals surface area contributed by atoms with Crippen molar-refractivity contribution in [1.29, 1.82) is 0 Å². The van der Waals surface area contributed by atoms with Gasteiger partial charge in [-0.2, -0.15) is 0 Å². The maximum atomic E-state index is 13.8. The van der Waals surface area contributed by atoms with Crippen molar-refractivity contribution < 1.29 is 17.9 Å². The van der Waals surface area contributed by atoms with Crippen molar-refractivity contribution in [2.24, 2.45) is 11.3 Å². The highest BCUT2D eigenvalue weighted by Gasteiger charge is 2.66. The molecule has 0 unspecified atom stereocenters. The number of rotatable bonds is 2. The van der Waals surface area contributed by atoms with Gasteiger partial charge in [-0.3, -0.25) is 4.90 Å². The summed E-state index contributed by atoms with van der Waals surface area (Å²) in [6.45, 7) is 13.6. The van der Waals surface area contributed by atoms with Crippen LogP contribution in [0.15, 0.2) is 41.3 Å². The van der Waals surface area contributed by atoms with Crippen LogP contribution in [0, 0.1) is 18.3 Å². The molecule has 5 nitrogen and oxygen atoms in total. The van der Waals surface area contributed by atoms with Gasteiger partial charge in [-0.25, -0.2) is 13.2 Å². The van der Waals surface area contributed by atoms with Crippen molar-refractivity contribution in [3.8, 4) is 0 Å². The van der Waals surface area contributed by atoms with E-state index in [2.05, 4.69) is 0 Å². The maximum absolute atomic E-state index is 13.8. The Bertz CT molecular complexity index is 903. The molecule has 0 spiro atoms. The largest absolute Gasteiger partial charge is 0.444 e. The number of nitrogens with zero attached hydrogens (tertiary/aromatic N) is 1. The lowest BCUT2D eigenvalue weighted by molar-refractivity contribution is 0.0222. The fourth-order valence-corrected chi connectivity index (χ4v) is 6.93. The second kappa shape index (κ2) is 6.34. The molecule has 1 fully saturated rings. The third kappa shape index (κ3) is 3.25. The van der Waals surface area contributed by atoms with E-state index in [1.54, 1.807) is 17.0 Å². The Kier molecular flexibility index (Phi) is 4.73. The monoisotopic (exact) mass is 405 g/mol. The number of likely N-dealkylation sites (tertiary alicyclic amines) is 1. The van der Waals surface area contributed by atoms with Crippen LogP contribution < -0.4 is 0 Å². The molecule has 3 atom stereocenters. The average Bonchev–Trinajstić information content (AvgIpc) is 3.09. The number of fused-ring (bicyclic) bond motifs is 2. The Hall–Kier alpha value is -1.82. The van der Waals surface area contributed by atoms with Gasteiger partial charge in [0.15, 0.2) is 9.84 Å². The van der Waals surface area contributed by atoms with Crippen molar-refractivity contribution in [1.82, 2.24) is 4.90 Å². The minimum absolute atomic E-state index is 0.112. The first-order chi connectivity index (χ1) is 12.7. The lowest BCUT2D eigenvalue weighted by Crippen LogP contribution is -2.48. The van der Waals surface area contributed by atoms with E-state index in [-0.39, 0.29) is 23.9 Å². The molecule has 0 aromatic heterocycles. The molecule has 1 saturated heterocycles. The van der Waals surface area contributed by atoms with E-state index in [1.165, 1.54) is 0 Å². The van der Waals surface area contributed by atoms with Gasteiger partial charge in [-0.05, 0) is 45.2 Å².